The number of aromatic nitrogens is 1. The normalized spacial score (nSPS) is 12.7. The minimum atomic E-state index is -4.63. The molecule has 0 aliphatic carbocycles. The summed E-state index contributed by atoms with van der Waals surface area (Å²) in [4.78, 5) is 16.5. The number of amides is 1. The number of benzene rings is 2. The van der Waals surface area contributed by atoms with E-state index in [-0.39, 0.29) is 12.6 Å². The lowest BCUT2D eigenvalue weighted by Gasteiger charge is -2.12. The number of nitrogens with zero attached hydrogens (tertiary/aromatic N) is 1. The first-order valence-corrected chi connectivity index (χ1v) is 9.15. The van der Waals surface area contributed by atoms with Crippen molar-refractivity contribution in [1.29, 1.82) is 0 Å². The minimum absolute atomic E-state index is 0.132. The van der Waals surface area contributed by atoms with Crippen molar-refractivity contribution in [3.05, 3.63) is 70.3 Å². The Morgan fingerprint density at radius 3 is 2.48 bits per heavy atom. The predicted molar refractivity (Wildman–Crippen MR) is 103 cm³/mol. The van der Waals surface area contributed by atoms with Gasteiger partial charge in [0, 0.05) is 21.8 Å². The number of nitrogens with one attached hydrogen (secondary N) is 1. The van der Waals surface area contributed by atoms with Crippen LogP contribution in [0.1, 0.15) is 15.9 Å². The van der Waals surface area contributed by atoms with E-state index in [0.29, 0.717) is 11.5 Å². The van der Waals surface area contributed by atoms with Gasteiger partial charge in [0.25, 0.3) is 5.91 Å². The largest absolute Gasteiger partial charge is 0.454 e. The van der Waals surface area contributed by atoms with Gasteiger partial charge in [0.05, 0.1) is 11.1 Å². The first-order valence-electron chi connectivity index (χ1n) is 8.36. The third-order valence-corrected chi connectivity index (χ3v) is 4.91. The average Bonchev–Trinajstić information content (AvgIpc) is 3.14. The fraction of sp³-hybridized carbons (Fsp3) is 0.100. The topological polar surface area (TPSA) is 60.5 Å². The number of hydrogen-bond acceptors (Lipinski definition) is 4. The first-order chi connectivity index (χ1) is 13.8. The Bertz CT molecular complexity index is 1090. The van der Waals surface area contributed by atoms with Gasteiger partial charge in [-0.05, 0) is 36.4 Å². The second kappa shape index (κ2) is 7.40. The summed E-state index contributed by atoms with van der Waals surface area (Å²) in [5, 5.41) is 2.40. The van der Waals surface area contributed by atoms with E-state index in [1.165, 1.54) is 24.4 Å². The Balaban J connectivity index is 1.56. The number of carbonyl (C=O) groups excluding carboxylic acids is 1. The molecule has 0 atom stereocenters. The zero-order chi connectivity index (χ0) is 20.6. The first kappa shape index (κ1) is 19.3. The molecule has 0 saturated heterocycles. The Kier molecular flexibility index (Phi) is 4.91. The molecule has 2 heterocycles. The van der Waals surface area contributed by atoms with Crippen LogP contribution in [0.15, 0.2) is 59.2 Å². The average molecular weight is 465 g/mol. The molecule has 9 heteroatoms. The SMILES string of the molecule is O=C(Nc1ccc(-c2cc3c(cc2Br)OCO3)cn1)c1ccccc1C(F)(F)F. The van der Waals surface area contributed by atoms with Crippen molar-refractivity contribution in [1.82, 2.24) is 4.98 Å². The second-order valence-electron chi connectivity index (χ2n) is 6.11. The van der Waals surface area contributed by atoms with Gasteiger partial charge in [0.2, 0.25) is 6.79 Å². The van der Waals surface area contributed by atoms with E-state index in [2.05, 4.69) is 26.2 Å². The van der Waals surface area contributed by atoms with E-state index >= 15 is 0 Å². The van der Waals surface area contributed by atoms with Gasteiger partial charge in [-0.15, -0.1) is 0 Å². The highest BCUT2D eigenvalue weighted by molar-refractivity contribution is 9.10. The monoisotopic (exact) mass is 464 g/mol. The highest BCUT2D eigenvalue weighted by atomic mass is 79.9. The van der Waals surface area contributed by atoms with Crippen LogP contribution in [0.2, 0.25) is 0 Å². The molecule has 1 aromatic heterocycles. The van der Waals surface area contributed by atoms with Gasteiger partial charge in [0.15, 0.2) is 11.5 Å². The van der Waals surface area contributed by atoms with Gasteiger partial charge in [-0.25, -0.2) is 4.98 Å². The van der Waals surface area contributed by atoms with E-state index in [1.807, 2.05) is 0 Å². The summed E-state index contributed by atoms with van der Waals surface area (Å²) in [5.74, 6) is 0.472. The van der Waals surface area contributed by atoms with E-state index in [1.54, 1.807) is 18.2 Å². The van der Waals surface area contributed by atoms with Crippen LogP contribution in [0.5, 0.6) is 11.5 Å². The molecule has 4 rings (SSSR count). The van der Waals surface area contributed by atoms with Gasteiger partial charge < -0.3 is 14.8 Å². The lowest BCUT2D eigenvalue weighted by atomic mass is 10.1. The minimum Gasteiger partial charge on any atom is -0.454 e. The number of rotatable bonds is 3. The highest BCUT2D eigenvalue weighted by Crippen LogP contribution is 2.41. The van der Waals surface area contributed by atoms with E-state index in [0.717, 1.165) is 27.7 Å². The third-order valence-electron chi connectivity index (χ3n) is 4.26. The van der Waals surface area contributed by atoms with Gasteiger partial charge in [-0.1, -0.05) is 28.1 Å². The molecule has 148 valence electrons. The van der Waals surface area contributed by atoms with Crippen molar-refractivity contribution in [2.75, 3.05) is 12.1 Å². The van der Waals surface area contributed by atoms with Gasteiger partial charge >= 0.3 is 6.18 Å². The van der Waals surface area contributed by atoms with Crippen LogP contribution < -0.4 is 14.8 Å². The zero-order valence-corrected chi connectivity index (χ0v) is 16.2. The van der Waals surface area contributed by atoms with E-state index < -0.39 is 23.2 Å². The number of pyridine rings is 1. The Labute approximate surface area is 171 Å². The molecule has 29 heavy (non-hydrogen) atoms. The lowest BCUT2D eigenvalue weighted by Crippen LogP contribution is -2.19. The molecule has 1 N–H and O–H groups in total. The van der Waals surface area contributed by atoms with Crippen LogP contribution in [-0.2, 0) is 6.18 Å². The van der Waals surface area contributed by atoms with Crippen molar-refractivity contribution in [2.24, 2.45) is 0 Å². The summed E-state index contributed by atoms with van der Waals surface area (Å²) >= 11 is 3.46. The van der Waals surface area contributed by atoms with Crippen molar-refractivity contribution in [3.63, 3.8) is 0 Å². The van der Waals surface area contributed by atoms with Crippen LogP contribution in [0, 0.1) is 0 Å². The molecular formula is C20H12BrF3N2O3. The fourth-order valence-electron chi connectivity index (χ4n) is 2.88. The molecule has 1 aliphatic heterocycles. The molecule has 1 aliphatic rings. The number of alkyl halides is 3. The summed E-state index contributed by atoms with van der Waals surface area (Å²) < 4.78 is 50.7. The standard InChI is InChI=1S/C20H12BrF3N2O3/c21-15-8-17-16(28-10-29-17)7-13(15)11-5-6-18(25-9-11)26-19(27)12-3-1-2-4-14(12)20(22,23)24/h1-9H,10H2,(H,25,26,27). The van der Waals surface area contributed by atoms with Crippen LogP contribution >= 0.6 is 15.9 Å². The number of ether oxygens (including phenoxy) is 2. The highest BCUT2D eigenvalue weighted by Gasteiger charge is 2.34. The maximum Gasteiger partial charge on any atom is 0.417 e. The number of fused-ring (bicyclic) bond motifs is 1. The molecule has 1 amide bonds. The Morgan fingerprint density at radius 1 is 1.07 bits per heavy atom. The number of carbonyl (C=O) groups is 1. The van der Waals surface area contributed by atoms with Gasteiger partial charge in [0.1, 0.15) is 5.82 Å². The molecule has 3 aromatic rings. The summed E-state index contributed by atoms with van der Waals surface area (Å²) in [6, 6.07) is 11.4. The maximum atomic E-state index is 13.1. The fourth-order valence-corrected chi connectivity index (χ4v) is 3.43. The van der Waals surface area contributed by atoms with Crippen molar-refractivity contribution in [3.8, 4) is 22.6 Å². The molecule has 0 fully saturated rings. The summed E-state index contributed by atoms with van der Waals surface area (Å²) in [5.41, 5.74) is 0.0497. The van der Waals surface area contributed by atoms with Crippen LogP contribution in [-0.4, -0.2) is 17.7 Å². The quantitative estimate of drug-likeness (QED) is 0.554. The van der Waals surface area contributed by atoms with E-state index in [4.69, 9.17) is 9.47 Å². The van der Waals surface area contributed by atoms with Crippen molar-refractivity contribution < 1.29 is 27.4 Å². The molecular weight excluding hydrogens is 453 g/mol. The molecule has 0 bridgehead atoms. The van der Waals surface area contributed by atoms with Gasteiger partial charge in [-0.2, -0.15) is 13.2 Å². The summed E-state index contributed by atoms with van der Waals surface area (Å²) in [6.45, 7) is 0.147. The number of anilines is 1. The molecule has 0 saturated carbocycles. The molecule has 2 aromatic carbocycles. The number of hydrogen-bond donors (Lipinski definition) is 1. The van der Waals surface area contributed by atoms with Crippen molar-refractivity contribution >= 4 is 27.7 Å². The van der Waals surface area contributed by atoms with Gasteiger partial charge in [-0.3, -0.25) is 4.79 Å². The number of halogens is 4. The molecule has 5 nitrogen and oxygen atoms in total. The molecule has 0 unspecified atom stereocenters. The van der Waals surface area contributed by atoms with Crippen LogP contribution in [0.3, 0.4) is 0 Å². The summed E-state index contributed by atoms with van der Waals surface area (Å²) in [7, 11) is 0. The van der Waals surface area contributed by atoms with Crippen LogP contribution in [0.25, 0.3) is 11.1 Å². The van der Waals surface area contributed by atoms with Crippen molar-refractivity contribution in [2.45, 2.75) is 6.18 Å². The predicted octanol–water partition coefficient (Wildman–Crippen LogP) is 5.51. The smallest absolute Gasteiger partial charge is 0.417 e. The summed E-state index contributed by atoms with van der Waals surface area (Å²) in [6.07, 6.45) is -3.12. The maximum absolute atomic E-state index is 13.1. The lowest BCUT2D eigenvalue weighted by molar-refractivity contribution is -0.137. The molecule has 0 radical (unpaired) electrons. The molecule has 0 spiro atoms. The zero-order valence-electron chi connectivity index (χ0n) is 14.6. The van der Waals surface area contributed by atoms with Crippen LogP contribution in [0.4, 0.5) is 19.0 Å². The second-order valence-corrected chi connectivity index (χ2v) is 6.97. The Hall–Kier alpha value is -3.07. The van der Waals surface area contributed by atoms with E-state index in [9.17, 15) is 18.0 Å². The third kappa shape index (κ3) is 3.91. The Morgan fingerprint density at radius 2 is 1.79 bits per heavy atom.